The first-order valence-electron chi connectivity index (χ1n) is 5.58. The maximum Gasteiger partial charge on any atom is 0.0271 e. The van der Waals surface area contributed by atoms with E-state index in [2.05, 4.69) is 38.2 Å². The van der Waals surface area contributed by atoms with Gasteiger partial charge in [0.1, 0.15) is 0 Å². The van der Waals surface area contributed by atoms with Crippen LogP contribution in [0.4, 0.5) is 0 Å². The predicted octanol–water partition coefficient (Wildman–Crippen LogP) is 0.796. The minimum atomic E-state index is 0.229. The van der Waals surface area contributed by atoms with Gasteiger partial charge in [-0.05, 0) is 47.2 Å². The van der Waals surface area contributed by atoms with Crippen molar-refractivity contribution in [3.63, 3.8) is 0 Å². The summed E-state index contributed by atoms with van der Waals surface area (Å²) in [5, 5.41) is 3.61. The van der Waals surface area contributed by atoms with Crippen molar-refractivity contribution < 1.29 is 0 Å². The van der Waals surface area contributed by atoms with E-state index in [-0.39, 0.29) is 5.54 Å². The molecule has 2 unspecified atom stereocenters. The molecule has 0 aliphatic heterocycles. The van der Waals surface area contributed by atoms with Gasteiger partial charge >= 0.3 is 0 Å². The molecule has 14 heavy (non-hydrogen) atoms. The van der Waals surface area contributed by atoms with Crippen LogP contribution >= 0.6 is 0 Å². The molecule has 3 heteroatoms. The second kappa shape index (κ2) is 4.60. The van der Waals surface area contributed by atoms with Gasteiger partial charge in [-0.3, -0.25) is 0 Å². The largest absolute Gasteiger partial charge is 0.328 e. The minimum Gasteiger partial charge on any atom is -0.328 e. The fourth-order valence-corrected chi connectivity index (χ4v) is 1.75. The van der Waals surface area contributed by atoms with Crippen LogP contribution in [0.2, 0.25) is 0 Å². The van der Waals surface area contributed by atoms with Crippen molar-refractivity contribution >= 4 is 0 Å². The molecule has 1 fully saturated rings. The van der Waals surface area contributed by atoms with Crippen molar-refractivity contribution in [2.24, 2.45) is 5.73 Å². The molecule has 0 amide bonds. The normalized spacial score (nSPS) is 28.7. The molecule has 84 valence electrons. The van der Waals surface area contributed by atoms with Crippen molar-refractivity contribution in [2.75, 3.05) is 20.6 Å². The molecule has 0 spiro atoms. The third-order valence-electron chi connectivity index (χ3n) is 3.51. The molecule has 0 radical (unpaired) electrons. The second-order valence-corrected chi connectivity index (χ2v) is 5.36. The lowest BCUT2D eigenvalue weighted by molar-refractivity contribution is 0.184. The third-order valence-corrected chi connectivity index (χ3v) is 3.51. The molecule has 0 aromatic carbocycles. The van der Waals surface area contributed by atoms with Gasteiger partial charge < -0.3 is 16.0 Å². The van der Waals surface area contributed by atoms with Gasteiger partial charge in [-0.2, -0.15) is 0 Å². The van der Waals surface area contributed by atoms with E-state index in [0.29, 0.717) is 12.1 Å². The smallest absolute Gasteiger partial charge is 0.0271 e. The highest BCUT2D eigenvalue weighted by atomic mass is 15.2. The van der Waals surface area contributed by atoms with Gasteiger partial charge in [0.25, 0.3) is 0 Å². The Morgan fingerprint density at radius 1 is 1.36 bits per heavy atom. The SMILES string of the molecule is CN(C)C(C)(C)CNC1CCC(N)C1. The zero-order chi connectivity index (χ0) is 10.8. The van der Waals surface area contributed by atoms with Crippen LogP contribution in [0.5, 0.6) is 0 Å². The van der Waals surface area contributed by atoms with E-state index in [0.717, 1.165) is 13.0 Å². The molecule has 1 saturated carbocycles. The highest BCUT2D eigenvalue weighted by Crippen LogP contribution is 2.18. The molecule has 1 aliphatic carbocycles. The molecule has 3 nitrogen and oxygen atoms in total. The summed E-state index contributed by atoms with van der Waals surface area (Å²) in [4.78, 5) is 2.26. The van der Waals surface area contributed by atoms with Gasteiger partial charge in [0.15, 0.2) is 0 Å². The maximum absolute atomic E-state index is 5.87. The first-order valence-corrected chi connectivity index (χ1v) is 5.58. The highest BCUT2D eigenvalue weighted by molar-refractivity contribution is 4.87. The first kappa shape index (κ1) is 12.0. The third kappa shape index (κ3) is 3.23. The second-order valence-electron chi connectivity index (χ2n) is 5.36. The predicted molar refractivity (Wildman–Crippen MR) is 61.4 cm³/mol. The van der Waals surface area contributed by atoms with Crippen LogP contribution in [0.25, 0.3) is 0 Å². The Bertz CT molecular complexity index is 177. The molecule has 0 aromatic heterocycles. The van der Waals surface area contributed by atoms with E-state index in [1.165, 1.54) is 12.8 Å². The number of hydrogen-bond donors (Lipinski definition) is 2. The lowest BCUT2D eigenvalue weighted by atomic mass is 10.0. The van der Waals surface area contributed by atoms with Crippen molar-refractivity contribution in [3.05, 3.63) is 0 Å². The molecule has 0 heterocycles. The quantitative estimate of drug-likeness (QED) is 0.703. The molecular weight excluding hydrogens is 174 g/mol. The number of rotatable bonds is 4. The summed E-state index contributed by atoms with van der Waals surface area (Å²) in [5.74, 6) is 0. The first-order chi connectivity index (χ1) is 6.42. The molecule has 0 bridgehead atoms. The van der Waals surface area contributed by atoms with E-state index in [1.54, 1.807) is 0 Å². The molecule has 1 aliphatic rings. The van der Waals surface area contributed by atoms with E-state index in [9.17, 15) is 0 Å². The summed E-state index contributed by atoms with van der Waals surface area (Å²) in [6.45, 7) is 5.56. The Balaban J connectivity index is 2.26. The summed E-state index contributed by atoms with van der Waals surface area (Å²) < 4.78 is 0. The number of hydrogen-bond acceptors (Lipinski definition) is 3. The Morgan fingerprint density at radius 3 is 2.43 bits per heavy atom. The molecule has 1 rings (SSSR count). The zero-order valence-electron chi connectivity index (χ0n) is 10.0. The summed E-state index contributed by atoms with van der Waals surface area (Å²) >= 11 is 0. The summed E-state index contributed by atoms with van der Waals surface area (Å²) in [5.41, 5.74) is 6.10. The fraction of sp³-hybridized carbons (Fsp3) is 1.00. The van der Waals surface area contributed by atoms with Gasteiger partial charge in [0.2, 0.25) is 0 Å². The standard InChI is InChI=1S/C11H25N3/c1-11(2,14(3)4)8-13-10-6-5-9(12)7-10/h9-10,13H,5-8,12H2,1-4H3. The lowest BCUT2D eigenvalue weighted by Gasteiger charge is -2.34. The maximum atomic E-state index is 5.87. The van der Waals surface area contributed by atoms with Gasteiger partial charge in [-0.25, -0.2) is 0 Å². The molecule has 0 saturated heterocycles. The van der Waals surface area contributed by atoms with Crippen LogP contribution < -0.4 is 11.1 Å². The molecule has 0 aromatic rings. The molecular formula is C11H25N3. The number of nitrogens with one attached hydrogen (secondary N) is 1. The van der Waals surface area contributed by atoms with Crippen LogP contribution in [-0.2, 0) is 0 Å². The Hall–Kier alpha value is -0.120. The van der Waals surface area contributed by atoms with E-state index < -0.39 is 0 Å². The highest BCUT2D eigenvalue weighted by Gasteiger charge is 2.25. The van der Waals surface area contributed by atoms with Gasteiger partial charge in [-0.15, -0.1) is 0 Å². The average molecular weight is 199 g/mol. The minimum absolute atomic E-state index is 0.229. The topological polar surface area (TPSA) is 41.3 Å². The van der Waals surface area contributed by atoms with Crippen LogP contribution in [0.1, 0.15) is 33.1 Å². The monoisotopic (exact) mass is 199 g/mol. The van der Waals surface area contributed by atoms with Gasteiger partial charge in [0.05, 0.1) is 0 Å². The molecule has 3 N–H and O–H groups in total. The van der Waals surface area contributed by atoms with Crippen molar-refractivity contribution in [1.82, 2.24) is 10.2 Å². The van der Waals surface area contributed by atoms with Crippen molar-refractivity contribution in [3.8, 4) is 0 Å². The Kier molecular flexibility index (Phi) is 3.93. The van der Waals surface area contributed by atoms with Crippen LogP contribution in [0.3, 0.4) is 0 Å². The van der Waals surface area contributed by atoms with Crippen LogP contribution in [0.15, 0.2) is 0 Å². The Labute approximate surface area is 88.0 Å². The van der Waals surface area contributed by atoms with Crippen LogP contribution in [-0.4, -0.2) is 43.2 Å². The average Bonchev–Trinajstić information content (AvgIpc) is 2.48. The van der Waals surface area contributed by atoms with E-state index in [4.69, 9.17) is 5.73 Å². The van der Waals surface area contributed by atoms with E-state index in [1.807, 2.05) is 0 Å². The zero-order valence-corrected chi connectivity index (χ0v) is 10.0. The van der Waals surface area contributed by atoms with Crippen molar-refractivity contribution in [1.29, 1.82) is 0 Å². The van der Waals surface area contributed by atoms with Gasteiger partial charge in [-0.1, -0.05) is 0 Å². The molecule has 2 atom stereocenters. The number of nitrogens with two attached hydrogens (primary N) is 1. The number of nitrogens with zero attached hydrogens (tertiary/aromatic N) is 1. The van der Waals surface area contributed by atoms with E-state index >= 15 is 0 Å². The van der Waals surface area contributed by atoms with Gasteiger partial charge in [0, 0.05) is 24.2 Å². The van der Waals surface area contributed by atoms with Crippen molar-refractivity contribution in [2.45, 2.75) is 50.7 Å². The summed E-state index contributed by atoms with van der Waals surface area (Å²) in [6.07, 6.45) is 3.56. The summed E-state index contributed by atoms with van der Waals surface area (Å²) in [6, 6.07) is 1.07. The Morgan fingerprint density at radius 2 is 2.00 bits per heavy atom. The summed E-state index contributed by atoms with van der Waals surface area (Å²) in [7, 11) is 4.25. The fourth-order valence-electron chi connectivity index (χ4n) is 1.75. The lowest BCUT2D eigenvalue weighted by Crippen LogP contribution is -2.48. The van der Waals surface area contributed by atoms with Crippen LogP contribution in [0, 0.1) is 0 Å². The number of likely N-dealkylation sites (N-methyl/N-ethyl adjacent to an activating group) is 1.